The second-order valence-electron chi connectivity index (χ2n) is 6.00. The molecule has 2 heterocycles. The van der Waals surface area contributed by atoms with Crippen LogP contribution in [0.25, 0.3) is 0 Å². The second kappa shape index (κ2) is 8.18. The van der Waals surface area contributed by atoms with Crippen LogP contribution in [-0.2, 0) is 6.54 Å². The van der Waals surface area contributed by atoms with Gasteiger partial charge in [-0.05, 0) is 37.5 Å². The van der Waals surface area contributed by atoms with Crippen molar-refractivity contribution in [2.75, 3.05) is 30.4 Å². The molecule has 9 heteroatoms. The molecule has 1 aliphatic rings. The number of nitrogens with zero attached hydrogens (tertiary/aromatic N) is 4. The largest absolute Gasteiger partial charge is 0.467 e. The van der Waals surface area contributed by atoms with E-state index < -0.39 is 0 Å². The lowest BCUT2D eigenvalue weighted by Crippen LogP contribution is -2.29. The smallest absolute Gasteiger partial charge is 0.321 e. The third kappa shape index (κ3) is 4.51. The van der Waals surface area contributed by atoms with Crippen LogP contribution in [0.1, 0.15) is 24.2 Å². The Hall–Kier alpha value is -2.61. The van der Waals surface area contributed by atoms with Gasteiger partial charge >= 0.3 is 12.0 Å². The van der Waals surface area contributed by atoms with E-state index in [0.717, 1.165) is 31.5 Å². The van der Waals surface area contributed by atoms with Crippen molar-refractivity contribution < 1.29 is 9.53 Å². The van der Waals surface area contributed by atoms with Gasteiger partial charge in [0.05, 0.1) is 13.7 Å². The number of aryl methyl sites for hydroxylation is 1. The summed E-state index contributed by atoms with van der Waals surface area (Å²) in [5.41, 5.74) is 1.56. The molecule has 1 aromatic heterocycles. The fourth-order valence-electron chi connectivity index (χ4n) is 2.62. The Balaban J connectivity index is 1.63. The summed E-state index contributed by atoms with van der Waals surface area (Å²) in [5.74, 6) is 1.02. The normalized spacial score (nSPS) is 13.6. The van der Waals surface area contributed by atoms with Crippen molar-refractivity contribution in [2.24, 2.45) is 0 Å². The van der Waals surface area contributed by atoms with Crippen LogP contribution in [0.2, 0.25) is 5.02 Å². The van der Waals surface area contributed by atoms with E-state index >= 15 is 0 Å². The number of benzene rings is 1. The number of halogens is 1. The second-order valence-corrected chi connectivity index (χ2v) is 6.41. The number of hydrogen-bond acceptors (Lipinski definition) is 6. The van der Waals surface area contributed by atoms with Crippen molar-refractivity contribution in [1.82, 2.24) is 20.3 Å². The molecule has 2 aromatic rings. The van der Waals surface area contributed by atoms with Crippen LogP contribution in [-0.4, -0.2) is 41.2 Å². The predicted octanol–water partition coefficient (Wildman–Crippen LogP) is 2.76. The molecular formula is C17H21ClN6O2. The molecule has 1 aromatic carbocycles. The van der Waals surface area contributed by atoms with E-state index in [4.69, 9.17) is 16.3 Å². The maximum absolute atomic E-state index is 12.1. The van der Waals surface area contributed by atoms with E-state index in [1.807, 2.05) is 13.0 Å². The van der Waals surface area contributed by atoms with Crippen LogP contribution in [0, 0.1) is 6.92 Å². The van der Waals surface area contributed by atoms with Crippen LogP contribution in [0.5, 0.6) is 6.01 Å². The monoisotopic (exact) mass is 376 g/mol. The summed E-state index contributed by atoms with van der Waals surface area (Å²) in [7, 11) is 1.51. The molecule has 0 spiro atoms. The van der Waals surface area contributed by atoms with Gasteiger partial charge in [-0.2, -0.15) is 15.0 Å². The number of rotatable bonds is 5. The van der Waals surface area contributed by atoms with Crippen molar-refractivity contribution in [3.05, 3.63) is 34.6 Å². The maximum atomic E-state index is 12.1. The Labute approximate surface area is 156 Å². The number of urea groups is 1. The van der Waals surface area contributed by atoms with Crippen molar-refractivity contribution >= 4 is 29.3 Å². The minimum atomic E-state index is -0.368. The molecule has 8 nitrogen and oxygen atoms in total. The molecule has 138 valence electrons. The molecule has 0 unspecified atom stereocenters. The molecule has 26 heavy (non-hydrogen) atoms. The molecule has 1 saturated heterocycles. The van der Waals surface area contributed by atoms with Gasteiger partial charge in [-0.25, -0.2) is 4.79 Å². The fourth-order valence-corrected chi connectivity index (χ4v) is 2.80. The number of carbonyl (C=O) groups excluding carboxylic acids is 1. The third-order valence-electron chi connectivity index (χ3n) is 4.06. The van der Waals surface area contributed by atoms with Gasteiger partial charge in [-0.15, -0.1) is 0 Å². The summed E-state index contributed by atoms with van der Waals surface area (Å²) in [4.78, 5) is 27.1. The fraction of sp³-hybridized carbons (Fsp3) is 0.412. The average Bonchev–Trinajstić information content (AvgIpc) is 3.17. The average molecular weight is 377 g/mol. The Bertz CT molecular complexity index is 795. The molecule has 2 N–H and O–H groups in total. The van der Waals surface area contributed by atoms with Gasteiger partial charge in [0.15, 0.2) is 5.82 Å². The van der Waals surface area contributed by atoms with E-state index in [1.54, 1.807) is 12.1 Å². The zero-order chi connectivity index (χ0) is 18.5. The topological polar surface area (TPSA) is 92.3 Å². The number of ether oxygens (including phenoxy) is 1. The van der Waals surface area contributed by atoms with Crippen LogP contribution >= 0.6 is 11.6 Å². The third-order valence-corrected chi connectivity index (χ3v) is 4.46. The number of anilines is 2. The van der Waals surface area contributed by atoms with Gasteiger partial charge in [0, 0.05) is 23.8 Å². The quantitative estimate of drug-likeness (QED) is 0.833. The molecule has 1 aliphatic heterocycles. The molecule has 0 aliphatic carbocycles. The lowest BCUT2D eigenvalue weighted by molar-refractivity contribution is 0.251. The first-order chi connectivity index (χ1) is 12.5. The molecule has 0 saturated carbocycles. The van der Waals surface area contributed by atoms with Gasteiger partial charge in [-0.3, -0.25) is 0 Å². The first-order valence-corrected chi connectivity index (χ1v) is 8.78. The van der Waals surface area contributed by atoms with Crippen LogP contribution in [0.3, 0.4) is 0 Å². The molecular weight excluding hydrogens is 356 g/mol. The first-order valence-electron chi connectivity index (χ1n) is 8.40. The number of amides is 2. The highest BCUT2D eigenvalue weighted by molar-refractivity contribution is 6.31. The number of aromatic nitrogens is 3. The van der Waals surface area contributed by atoms with E-state index in [-0.39, 0.29) is 18.6 Å². The maximum Gasteiger partial charge on any atom is 0.321 e. The highest BCUT2D eigenvalue weighted by atomic mass is 35.5. The molecule has 0 atom stereocenters. The summed E-state index contributed by atoms with van der Waals surface area (Å²) in [6, 6.07) is 5.21. The van der Waals surface area contributed by atoms with Crippen LogP contribution in [0.4, 0.5) is 16.4 Å². The molecule has 3 rings (SSSR count). The van der Waals surface area contributed by atoms with Crippen LogP contribution < -0.4 is 20.3 Å². The van der Waals surface area contributed by atoms with Gasteiger partial charge < -0.3 is 20.3 Å². The number of hydrogen-bond donors (Lipinski definition) is 2. The molecule has 1 fully saturated rings. The summed E-state index contributed by atoms with van der Waals surface area (Å²) in [6.07, 6.45) is 2.23. The van der Waals surface area contributed by atoms with Gasteiger partial charge in [0.1, 0.15) is 0 Å². The van der Waals surface area contributed by atoms with E-state index in [9.17, 15) is 4.79 Å². The Morgan fingerprint density at radius 3 is 2.73 bits per heavy atom. The number of nitrogens with one attached hydrogen (secondary N) is 2. The van der Waals surface area contributed by atoms with E-state index in [1.165, 1.54) is 7.11 Å². The SMILES string of the molecule is COc1nc(CNC(=O)Nc2ccc(C)c(Cl)c2)nc(N2CCCC2)n1. The van der Waals surface area contributed by atoms with Crippen molar-refractivity contribution in [1.29, 1.82) is 0 Å². The van der Waals surface area contributed by atoms with E-state index in [2.05, 4.69) is 30.5 Å². The summed E-state index contributed by atoms with van der Waals surface area (Å²) in [5, 5.41) is 6.06. The number of carbonyl (C=O) groups is 1. The Morgan fingerprint density at radius 1 is 1.27 bits per heavy atom. The zero-order valence-corrected chi connectivity index (χ0v) is 15.5. The minimum Gasteiger partial charge on any atom is -0.467 e. The van der Waals surface area contributed by atoms with Gasteiger partial charge in [-0.1, -0.05) is 17.7 Å². The Kier molecular flexibility index (Phi) is 5.72. The van der Waals surface area contributed by atoms with E-state index in [0.29, 0.717) is 22.5 Å². The van der Waals surface area contributed by atoms with Crippen molar-refractivity contribution in [2.45, 2.75) is 26.3 Å². The number of methoxy groups -OCH3 is 1. The predicted molar refractivity (Wildman–Crippen MR) is 99.9 cm³/mol. The summed E-state index contributed by atoms with van der Waals surface area (Å²) in [6.45, 7) is 3.88. The highest BCUT2D eigenvalue weighted by Gasteiger charge is 2.18. The summed E-state index contributed by atoms with van der Waals surface area (Å²) < 4.78 is 5.15. The lowest BCUT2D eigenvalue weighted by atomic mass is 10.2. The van der Waals surface area contributed by atoms with Crippen molar-refractivity contribution in [3.8, 4) is 6.01 Å². The molecule has 0 radical (unpaired) electrons. The van der Waals surface area contributed by atoms with Gasteiger partial charge in [0.2, 0.25) is 5.95 Å². The summed E-state index contributed by atoms with van der Waals surface area (Å²) >= 11 is 6.07. The minimum absolute atomic E-state index is 0.158. The van der Waals surface area contributed by atoms with Crippen LogP contribution in [0.15, 0.2) is 18.2 Å². The lowest BCUT2D eigenvalue weighted by Gasteiger charge is -2.16. The van der Waals surface area contributed by atoms with Gasteiger partial charge in [0.25, 0.3) is 0 Å². The zero-order valence-electron chi connectivity index (χ0n) is 14.8. The molecule has 0 bridgehead atoms. The first kappa shape index (κ1) is 18.2. The standard InChI is InChI=1S/C17H21ClN6O2/c1-11-5-6-12(9-13(11)18)20-16(25)19-10-14-21-15(23-17(22-14)26-2)24-7-3-4-8-24/h5-6,9H,3-4,7-8,10H2,1-2H3,(H2,19,20,25). The Morgan fingerprint density at radius 2 is 2.04 bits per heavy atom. The van der Waals surface area contributed by atoms with Crippen molar-refractivity contribution in [3.63, 3.8) is 0 Å². The highest BCUT2D eigenvalue weighted by Crippen LogP contribution is 2.20. The molecule has 2 amide bonds.